The molecular formula is C9H18O3S. The number of rotatable bonds is 5. The molecule has 0 aliphatic carbocycles. The minimum absolute atomic E-state index is 0.182. The molecule has 0 saturated carbocycles. The first-order valence-electron chi connectivity index (χ1n) is 4.73. The van der Waals surface area contributed by atoms with Crippen LogP contribution in [0.3, 0.4) is 0 Å². The van der Waals surface area contributed by atoms with Gasteiger partial charge in [0.1, 0.15) is 0 Å². The summed E-state index contributed by atoms with van der Waals surface area (Å²) in [5.74, 6) is 1.30. The second kappa shape index (κ2) is 5.20. The van der Waals surface area contributed by atoms with E-state index in [2.05, 4.69) is 6.92 Å². The number of thioether (sulfide) groups is 1. The summed E-state index contributed by atoms with van der Waals surface area (Å²) in [5, 5.41) is 0. The van der Waals surface area contributed by atoms with Crippen LogP contribution in [0.5, 0.6) is 0 Å². The zero-order chi connectivity index (χ0) is 9.73. The largest absolute Gasteiger partial charge is 0.328 e. The molecule has 2 unspecified atom stereocenters. The molecule has 0 spiro atoms. The van der Waals surface area contributed by atoms with Gasteiger partial charge in [0.05, 0.1) is 12.7 Å². The summed E-state index contributed by atoms with van der Waals surface area (Å²) >= 11 is 1.86. The minimum Gasteiger partial charge on any atom is -0.328 e. The van der Waals surface area contributed by atoms with Crippen molar-refractivity contribution in [3.8, 4) is 0 Å². The van der Waals surface area contributed by atoms with Gasteiger partial charge in [-0.1, -0.05) is 6.92 Å². The van der Waals surface area contributed by atoms with E-state index in [1.54, 1.807) is 0 Å². The lowest BCUT2D eigenvalue weighted by atomic mass is 10.4. The van der Waals surface area contributed by atoms with E-state index in [4.69, 9.17) is 14.2 Å². The average molecular weight is 206 g/mol. The second-order valence-corrected chi connectivity index (χ2v) is 4.32. The maximum absolute atomic E-state index is 5.63. The van der Waals surface area contributed by atoms with Crippen molar-refractivity contribution in [1.29, 1.82) is 0 Å². The van der Waals surface area contributed by atoms with Crippen LogP contribution in [-0.2, 0) is 14.2 Å². The minimum atomic E-state index is -0.798. The van der Waals surface area contributed by atoms with Gasteiger partial charge in [-0.15, -0.1) is 0 Å². The smallest absolute Gasteiger partial charge is 0.280 e. The summed E-state index contributed by atoms with van der Waals surface area (Å²) in [7, 11) is 0. The summed E-state index contributed by atoms with van der Waals surface area (Å²) in [6.07, 6.45) is 0.182. The molecule has 0 aromatic carbocycles. The topological polar surface area (TPSA) is 27.7 Å². The van der Waals surface area contributed by atoms with E-state index in [-0.39, 0.29) is 6.10 Å². The van der Waals surface area contributed by atoms with Crippen molar-refractivity contribution in [1.82, 2.24) is 0 Å². The monoisotopic (exact) mass is 206 g/mol. The van der Waals surface area contributed by atoms with E-state index in [1.165, 1.54) is 0 Å². The van der Waals surface area contributed by atoms with Crippen LogP contribution in [0.4, 0.5) is 0 Å². The Labute approximate surface area is 84.1 Å². The first-order chi connectivity index (χ1) is 6.20. The van der Waals surface area contributed by atoms with E-state index in [9.17, 15) is 0 Å². The summed E-state index contributed by atoms with van der Waals surface area (Å²) in [6, 6.07) is 0. The highest BCUT2D eigenvalue weighted by atomic mass is 32.2. The van der Waals surface area contributed by atoms with Crippen molar-refractivity contribution in [3.05, 3.63) is 0 Å². The quantitative estimate of drug-likeness (QED) is 0.686. The van der Waals surface area contributed by atoms with Crippen LogP contribution in [-0.4, -0.2) is 36.8 Å². The van der Waals surface area contributed by atoms with Gasteiger partial charge in [-0.05, 0) is 12.7 Å². The normalized spacial score (nSPS) is 33.9. The van der Waals surface area contributed by atoms with Gasteiger partial charge in [0.2, 0.25) is 0 Å². The molecule has 2 atom stereocenters. The van der Waals surface area contributed by atoms with E-state index < -0.39 is 5.97 Å². The fourth-order valence-electron chi connectivity index (χ4n) is 1.28. The van der Waals surface area contributed by atoms with Crippen LogP contribution in [0.15, 0.2) is 0 Å². The molecule has 1 rings (SSSR count). The number of ether oxygens (including phenoxy) is 3. The van der Waals surface area contributed by atoms with Gasteiger partial charge < -0.3 is 14.2 Å². The summed E-state index contributed by atoms with van der Waals surface area (Å²) < 4.78 is 16.4. The van der Waals surface area contributed by atoms with Crippen LogP contribution in [0.1, 0.15) is 20.8 Å². The fourth-order valence-corrected chi connectivity index (χ4v) is 1.95. The van der Waals surface area contributed by atoms with Crippen molar-refractivity contribution in [3.63, 3.8) is 0 Å². The van der Waals surface area contributed by atoms with Crippen LogP contribution in [0, 0.1) is 0 Å². The standard InChI is InChI=1S/C9H18O3S/c1-4-10-9(3)11-6-8(12-9)7-13-5-2/h8H,4-7H2,1-3H3. The van der Waals surface area contributed by atoms with Gasteiger partial charge in [-0.2, -0.15) is 11.8 Å². The zero-order valence-corrected chi connectivity index (χ0v) is 9.36. The highest BCUT2D eigenvalue weighted by Gasteiger charge is 2.37. The summed E-state index contributed by atoms with van der Waals surface area (Å²) in [6.45, 7) is 7.16. The maximum Gasteiger partial charge on any atom is 0.280 e. The third-order valence-corrected chi connectivity index (χ3v) is 2.84. The molecule has 0 amide bonds. The van der Waals surface area contributed by atoms with E-state index in [0.29, 0.717) is 13.2 Å². The summed E-state index contributed by atoms with van der Waals surface area (Å²) in [5.41, 5.74) is 0. The second-order valence-electron chi connectivity index (χ2n) is 3.01. The third-order valence-electron chi connectivity index (χ3n) is 1.83. The van der Waals surface area contributed by atoms with Gasteiger partial charge in [-0.3, -0.25) is 0 Å². The Morgan fingerprint density at radius 1 is 1.54 bits per heavy atom. The zero-order valence-electron chi connectivity index (χ0n) is 8.54. The van der Waals surface area contributed by atoms with Gasteiger partial charge in [0.25, 0.3) is 5.97 Å². The fraction of sp³-hybridized carbons (Fsp3) is 1.00. The SMILES string of the molecule is CCOC1(C)OCC(CSCC)O1. The lowest BCUT2D eigenvalue weighted by Gasteiger charge is -2.22. The molecule has 1 aliphatic heterocycles. The molecule has 1 heterocycles. The van der Waals surface area contributed by atoms with Crippen molar-refractivity contribution < 1.29 is 14.2 Å². The van der Waals surface area contributed by atoms with Crippen LogP contribution < -0.4 is 0 Å². The van der Waals surface area contributed by atoms with E-state index in [0.717, 1.165) is 11.5 Å². The highest BCUT2D eigenvalue weighted by Crippen LogP contribution is 2.26. The van der Waals surface area contributed by atoms with Crippen LogP contribution in [0.2, 0.25) is 0 Å². The Kier molecular flexibility index (Phi) is 4.52. The molecule has 4 heteroatoms. The lowest BCUT2D eigenvalue weighted by molar-refractivity contribution is -0.322. The molecular weight excluding hydrogens is 188 g/mol. The van der Waals surface area contributed by atoms with Crippen LogP contribution >= 0.6 is 11.8 Å². The lowest BCUT2D eigenvalue weighted by Crippen LogP contribution is -2.30. The Morgan fingerprint density at radius 3 is 2.92 bits per heavy atom. The first-order valence-corrected chi connectivity index (χ1v) is 5.89. The Morgan fingerprint density at radius 2 is 2.31 bits per heavy atom. The third kappa shape index (κ3) is 3.46. The number of hydrogen-bond acceptors (Lipinski definition) is 4. The molecule has 0 aromatic rings. The number of hydrogen-bond donors (Lipinski definition) is 0. The molecule has 78 valence electrons. The summed E-state index contributed by atoms with van der Waals surface area (Å²) in [4.78, 5) is 0. The predicted molar refractivity (Wildman–Crippen MR) is 53.9 cm³/mol. The average Bonchev–Trinajstić information content (AvgIpc) is 2.45. The van der Waals surface area contributed by atoms with E-state index >= 15 is 0 Å². The highest BCUT2D eigenvalue weighted by molar-refractivity contribution is 7.99. The molecule has 1 aliphatic rings. The van der Waals surface area contributed by atoms with Gasteiger partial charge in [0.15, 0.2) is 0 Å². The molecule has 1 saturated heterocycles. The van der Waals surface area contributed by atoms with Crippen molar-refractivity contribution in [2.24, 2.45) is 0 Å². The first kappa shape index (κ1) is 11.3. The van der Waals surface area contributed by atoms with Crippen molar-refractivity contribution >= 4 is 11.8 Å². The molecule has 0 radical (unpaired) electrons. The van der Waals surface area contributed by atoms with Crippen LogP contribution in [0.25, 0.3) is 0 Å². The molecule has 0 bridgehead atoms. The van der Waals surface area contributed by atoms with Crippen molar-refractivity contribution in [2.75, 3.05) is 24.7 Å². The Balaban J connectivity index is 2.26. The van der Waals surface area contributed by atoms with Gasteiger partial charge in [-0.25, -0.2) is 0 Å². The maximum atomic E-state index is 5.63. The van der Waals surface area contributed by atoms with Gasteiger partial charge >= 0.3 is 0 Å². The molecule has 3 nitrogen and oxygen atoms in total. The Bertz CT molecular complexity index is 154. The molecule has 13 heavy (non-hydrogen) atoms. The van der Waals surface area contributed by atoms with Gasteiger partial charge in [0, 0.05) is 19.3 Å². The predicted octanol–water partition coefficient (Wildman–Crippen LogP) is 1.87. The Hall–Kier alpha value is 0.230. The molecule has 0 N–H and O–H groups in total. The molecule has 0 aromatic heterocycles. The molecule has 1 fully saturated rings. The van der Waals surface area contributed by atoms with Crippen molar-refractivity contribution in [2.45, 2.75) is 32.8 Å². The van der Waals surface area contributed by atoms with E-state index in [1.807, 2.05) is 25.6 Å².